The van der Waals surface area contributed by atoms with Gasteiger partial charge in [-0.2, -0.15) is 0 Å². The van der Waals surface area contributed by atoms with Crippen molar-refractivity contribution in [1.82, 2.24) is 9.55 Å². The van der Waals surface area contributed by atoms with Crippen LogP contribution in [0.3, 0.4) is 0 Å². The molecule has 22 heavy (non-hydrogen) atoms. The summed E-state index contributed by atoms with van der Waals surface area (Å²) in [5.41, 5.74) is 0.803. The van der Waals surface area contributed by atoms with Crippen molar-refractivity contribution in [2.24, 2.45) is 5.92 Å². The smallest absolute Gasteiger partial charge is 0.262 e. The van der Waals surface area contributed by atoms with Gasteiger partial charge in [-0.25, -0.2) is 4.98 Å². The largest absolute Gasteiger partial charge is 0.381 e. The van der Waals surface area contributed by atoms with E-state index in [-0.39, 0.29) is 5.56 Å². The summed E-state index contributed by atoms with van der Waals surface area (Å²) in [6.45, 7) is 8.47. The molecule has 0 amide bonds. The third kappa shape index (κ3) is 4.34. The zero-order valence-electron chi connectivity index (χ0n) is 13.5. The van der Waals surface area contributed by atoms with Gasteiger partial charge in [0.1, 0.15) is 0 Å². The molecule has 0 aliphatic rings. The quantitative estimate of drug-likeness (QED) is 0.424. The number of rotatable bonds is 8. The Morgan fingerprint density at radius 1 is 1.27 bits per heavy atom. The highest BCUT2D eigenvalue weighted by molar-refractivity contribution is 7.99. The van der Waals surface area contributed by atoms with Gasteiger partial charge >= 0.3 is 0 Å². The normalized spacial score (nSPS) is 11.5. The van der Waals surface area contributed by atoms with Gasteiger partial charge in [0.05, 0.1) is 17.5 Å². The summed E-state index contributed by atoms with van der Waals surface area (Å²) < 4.78 is 7.36. The van der Waals surface area contributed by atoms with Crippen molar-refractivity contribution in [2.45, 2.75) is 38.9 Å². The first kappa shape index (κ1) is 17.0. The van der Waals surface area contributed by atoms with Crippen molar-refractivity contribution in [3.63, 3.8) is 0 Å². The first-order valence-electron chi connectivity index (χ1n) is 7.83. The zero-order chi connectivity index (χ0) is 15.9. The van der Waals surface area contributed by atoms with Gasteiger partial charge in [0.25, 0.3) is 5.56 Å². The van der Waals surface area contributed by atoms with Crippen LogP contribution in [0, 0.1) is 5.92 Å². The average molecular weight is 320 g/mol. The molecule has 120 valence electrons. The Morgan fingerprint density at radius 3 is 2.77 bits per heavy atom. The molecule has 0 radical (unpaired) electrons. The summed E-state index contributed by atoms with van der Waals surface area (Å²) in [5.74, 6) is 1.48. The van der Waals surface area contributed by atoms with E-state index < -0.39 is 0 Å². The predicted molar refractivity (Wildman–Crippen MR) is 92.7 cm³/mol. The van der Waals surface area contributed by atoms with Crippen molar-refractivity contribution in [1.29, 1.82) is 0 Å². The number of benzene rings is 1. The molecule has 1 aromatic heterocycles. The highest BCUT2D eigenvalue weighted by Crippen LogP contribution is 2.17. The number of aromatic nitrogens is 2. The van der Waals surface area contributed by atoms with Crippen LogP contribution in [0.5, 0.6) is 0 Å². The molecule has 0 atom stereocenters. The molecule has 0 saturated carbocycles. The van der Waals surface area contributed by atoms with Crippen molar-refractivity contribution >= 4 is 22.7 Å². The first-order chi connectivity index (χ1) is 10.6. The fraction of sp³-hybridized carbons (Fsp3) is 0.529. The monoisotopic (exact) mass is 320 g/mol. The van der Waals surface area contributed by atoms with Crippen LogP contribution in [0.2, 0.25) is 0 Å². The number of thioether (sulfide) groups is 1. The molecule has 2 aromatic rings. The molecule has 1 heterocycles. The third-order valence-electron chi connectivity index (χ3n) is 3.44. The molecule has 0 unspecified atom stereocenters. The van der Waals surface area contributed by atoms with E-state index in [4.69, 9.17) is 4.74 Å². The molecule has 0 spiro atoms. The lowest BCUT2D eigenvalue weighted by molar-refractivity contribution is 0.138. The van der Waals surface area contributed by atoms with Crippen molar-refractivity contribution in [3.05, 3.63) is 34.6 Å². The van der Waals surface area contributed by atoms with Crippen LogP contribution < -0.4 is 5.56 Å². The van der Waals surface area contributed by atoms with E-state index in [2.05, 4.69) is 18.8 Å². The molecule has 0 N–H and O–H groups in total. The van der Waals surface area contributed by atoms with E-state index in [0.717, 1.165) is 29.5 Å². The molecule has 5 heteroatoms. The number of fused-ring (bicyclic) bond motifs is 1. The lowest BCUT2D eigenvalue weighted by Gasteiger charge is -2.11. The van der Waals surface area contributed by atoms with Crippen LogP contribution in [0.4, 0.5) is 0 Å². The van der Waals surface area contributed by atoms with Crippen LogP contribution in [0.1, 0.15) is 27.2 Å². The number of ether oxygens (including phenoxy) is 1. The topological polar surface area (TPSA) is 44.1 Å². The summed E-state index contributed by atoms with van der Waals surface area (Å²) in [6, 6.07) is 7.51. The maximum Gasteiger partial charge on any atom is 0.262 e. The molecule has 0 aliphatic carbocycles. The highest BCUT2D eigenvalue weighted by atomic mass is 32.2. The van der Waals surface area contributed by atoms with Gasteiger partial charge in [-0.1, -0.05) is 37.7 Å². The van der Waals surface area contributed by atoms with Gasteiger partial charge < -0.3 is 4.74 Å². The van der Waals surface area contributed by atoms with Crippen LogP contribution in [0.15, 0.2) is 34.2 Å². The van der Waals surface area contributed by atoms with Gasteiger partial charge in [-0.05, 0) is 31.4 Å². The second-order valence-electron chi connectivity index (χ2n) is 5.60. The fourth-order valence-electron chi connectivity index (χ4n) is 2.15. The number of para-hydroxylation sites is 1. The van der Waals surface area contributed by atoms with Crippen LogP contribution in [0.25, 0.3) is 10.9 Å². The Morgan fingerprint density at radius 2 is 2.05 bits per heavy atom. The van der Waals surface area contributed by atoms with Crippen LogP contribution in [-0.2, 0) is 11.3 Å². The van der Waals surface area contributed by atoms with E-state index in [0.29, 0.717) is 24.5 Å². The summed E-state index contributed by atoms with van der Waals surface area (Å²) in [6.07, 6.45) is 1.08. The molecule has 0 bridgehead atoms. The lowest BCUT2D eigenvalue weighted by Crippen LogP contribution is -2.22. The van der Waals surface area contributed by atoms with E-state index in [9.17, 15) is 4.79 Å². The Kier molecular flexibility index (Phi) is 6.46. The van der Waals surface area contributed by atoms with Crippen LogP contribution >= 0.6 is 11.8 Å². The van der Waals surface area contributed by atoms with Crippen molar-refractivity contribution in [3.8, 4) is 0 Å². The predicted octanol–water partition coefficient (Wildman–Crippen LogP) is 3.57. The maximum atomic E-state index is 12.5. The van der Waals surface area contributed by atoms with Gasteiger partial charge in [0.2, 0.25) is 0 Å². The lowest BCUT2D eigenvalue weighted by atomic mass is 10.1. The Balaban J connectivity index is 2.03. The van der Waals surface area contributed by atoms with E-state index in [1.165, 1.54) is 0 Å². The molecular formula is C17H24N2O2S. The number of nitrogens with zero attached hydrogens (tertiary/aromatic N) is 2. The Hall–Kier alpha value is -1.33. The minimum Gasteiger partial charge on any atom is -0.381 e. The number of hydrogen-bond donors (Lipinski definition) is 0. The molecular weight excluding hydrogens is 296 g/mol. The summed E-state index contributed by atoms with van der Waals surface area (Å²) in [5, 5.41) is 1.46. The van der Waals surface area contributed by atoms with E-state index in [1.807, 2.05) is 31.2 Å². The Labute approximate surface area is 135 Å². The number of hydrogen-bond acceptors (Lipinski definition) is 4. The average Bonchev–Trinajstić information content (AvgIpc) is 2.51. The van der Waals surface area contributed by atoms with Crippen molar-refractivity contribution < 1.29 is 4.74 Å². The van der Waals surface area contributed by atoms with Gasteiger partial charge in [0, 0.05) is 18.9 Å². The van der Waals surface area contributed by atoms with Crippen LogP contribution in [-0.4, -0.2) is 28.5 Å². The molecule has 0 aliphatic heterocycles. The van der Waals surface area contributed by atoms with Gasteiger partial charge in [-0.3, -0.25) is 9.36 Å². The molecule has 0 saturated heterocycles. The molecule has 1 aromatic carbocycles. The minimum absolute atomic E-state index is 0.0383. The summed E-state index contributed by atoms with van der Waals surface area (Å²) in [7, 11) is 0. The van der Waals surface area contributed by atoms with E-state index >= 15 is 0 Å². The van der Waals surface area contributed by atoms with Gasteiger partial charge in [0.15, 0.2) is 5.16 Å². The molecule has 4 nitrogen and oxygen atoms in total. The van der Waals surface area contributed by atoms with Crippen molar-refractivity contribution in [2.75, 3.05) is 19.0 Å². The SMILES string of the molecule is CCn1c(SCCOCCC(C)C)nc2ccccc2c1=O. The highest BCUT2D eigenvalue weighted by Gasteiger charge is 2.09. The second-order valence-corrected chi connectivity index (χ2v) is 6.67. The summed E-state index contributed by atoms with van der Waals surface area (Å²) in [4.78, 5) is 17.1. The first-order valence-corrected chi connectivity index (χ1v) is 8.82. The fourth-order valence-corrected chi connectivity index (χ4v) is 3.06. The third-order valence-corrected chi connectivity index (χ3v) is 4.38. The van der Waals surface area contributed by atoms with E-state index in [1.54, 1.807) is 16.3 Å². The second kappa shape index (κ2) is 8.34. The van der Waals surface area contributed by atoms with Gasteiger partial charge in [-0.15, -0.1) is 0 Å². The Bertz CT molecular complexity index is 667. The minimum atomic E-state index is 0.0383. The summed E-state index contributed by atoms with van der Waals surface area (Å²) >= 11 is 1.59. The zero-order valence-corrected chi connectivity index (χ0v) is 14.4. The maximum absolute atomic E-state index is 12.5. The molecule has 0 fully saturated rings. The molecule has 2 rings (SSSR count). The standard InChI is InChI=1S/C17H24N2O2S/c1-4-19-16(20)14-7-5-6-8-15(14)18-17(19)22-12-11-21-10-9-13(2)3/h5-8,13H,4,9-12H2,1-3H3.